The number of benzene rings is 6. The lowest BCUT2D eigenvalue weighted by Crippen LogP contribution is -2.54. The topological polar surface area (TPSA) is 214 Å². The highest BCUT2D eigenvalue weighted by Crippen LogP contribution is 2.50. The van der Waals surface area contributed by atoms with Crippen LogP contribution >= 0.6 is 14.6 Å². The molecule has 10 rings (SSSR count). The molecule has 2 aliphatic carbocycles. The number of aliphatic carboxylic acids is 2. The van der Waals surface area contributed by atoms with Crippen molar-refractivity contribution in [3.05, 3.63) is 214 Å². The predicted octanol–water partition coefficient (Wildman–Crippen LogP) is 9.43. The van der Waals surface area contributed by atoms with Crippen LogP contribution in [0.4, 0.5) is 0 Å². The maximum atomic E-state index is 14.5. The molecule has 84 heavy (non-hydrogen) atoms. The number of likely N-dealkylation sites (tertiary alicyclic amines) is 2. The summed E-state index contributed by atoms with van der Waals surface area (Å²) in [5, 5.41) is 25.8. The van der Waals surface area contributed by atoms with Gasteiger partial charge in [-0.25, -0.2) is 9.59 Å². The Labute approximate surface area is 492 Å². The van der Waals surface area contributed by atoms with E-state index in [2.05, 4.69) is 10.2 Å². The number of rotatable bonds is 22. The fraction of sp³-hybridized carbons (Fsp3) is 0.364. The van der Waals surface area contributed by atoms with Crippen molar-refractivity contribution in [3.63, 3.8) is 0 Å². The molecule has 6 aromatic rings. The van der Waals surface area contributed by atoms with Gasteiger partial charge in [-0.15, -0.1) is 0 Å². The highest BCUT2D eigenvalue weighted by atomic mass is 31.2. The highest BCUT2D eigenvalue weighted by Gasteiger charge is 2.42. The molecule has 2 aliphatic heterocycles. The molecular formula is C66H76N6O10P2. The summed E-state index contributed by atoms with van der Waals surface area (Å²) in [5.41, 5.74) is 8.20. The number of fused-ring (bicyclic) bond motifs is 2. The maximum Gasteiger partial charge on any atom is 0.326 e. The van der Waals surface area contributed by atoms with E-state index in [-0.39, 0.29) is 73.4 Å². The second kappa shape index (κ2) is 27.9. The summed E-state index contributed by atoms with van der Waals surface area (Å²) in [7, 11) is -6.30. The number of nitrogens with zero attached hydrogens (tertiary/aromatic N) is 4. The van der Waals surface area contributed by atoms with E-state index in [1.807, 2.05) is 170 Å². The van der Waals surface area contributed by atoms with E-state index in [4.69, 9.17) is 0 Å². The zero-order valence-electron chi connectivity index (χ0n) is 47.8. The molecule has 4 atom stereocenters. The van der Waals surface area contributed by atoms with E-state index in [9.17, 15) is 48.1 Å². The van der Waals surface area contributed by atoms with Gasteiger partial charge in [-0.3, -0.25) is 29.4 Å². The third-order valence-corrected chi connectivity index (χ3v) is 21.8. The minimum Gasteiger partial charge on any atom is -0.480 e. The fourth-order valence-corrected chi connectivity index (χ4v) is 17.9. The molecule has 440 valence electrons. The SMILES string of the molecule is C[C@H](NP(=O)(Cc1ccccc1)Cc1ccccc1)C(=O)N(CC(=O)N1CCC[C@H]1C(=O)O)C1Cc2ccccc2C1.C[C@H](NP(=O)(Cc1ccccc1)Cc1ccccc1)C(=O)N(CC(=O)N1CCC[C@H]1C(=O)O)C1Cc2ccccc2C1. The fourth-order valence-electron chi connectivity index (χ4n) is 12.5. The molecule has 4 aliphatic rings. The van der Waals surface area contributed by atoms with Gasteiger partial charge in [-0.05, 0) is 110 Å². The van der Waals surface area contributed by atoms with Gasteiger partial charge >= 0.3 is 11.9 Å². The molecule has 18 heteroatoms. The normalized spacial score (nSPS) is 17.5. The Kier molecular flexibility index (Phi) is 20.3. The van der Waals surface area contributed by atoms with E-state index in [0.717, 1.165) is 44.5 Å². The molecule has 0 spiro atoms. The molecule has 0 unspecified atom stereocenters. The van der Waals surface area contributed by atoms with Crippen LogP contribution in [-0.4, -0.2) is 128 Å². The van der Waals surface area contributed by atoms with Crippen molar-refractivity contribution in [2.24, 2.45) is 0 Å². The quantitative estimate of drug-likeness (QED) is 0.0468. The Morgan fingerprint density at radius 3 is 0.976 bits per heavy atom. The van der Waals surface area contributed by atoms with Gasteiger partial charge in [0, 0.05) is 49.8 Å². The van der Waals surface area contributed by atoms with Crippen molar-refractivity contribution < 1.29 is 48.1 Å². The second-order valence-corrected chi connectivity index (χ2v) is 28.2. The van der Waals surface area contributed by atoms with E-state index in [1.54, 1.807) is 23.6 Å². The van der Waals surface area contributed by atoms with Crippen molar-refractivity contribution in [1.29, 1.82) is 0 Å². The van der Waals surface area contributed by atoms with Gasteiger partial charge in [-0.2, -0.15) is 0 Å². The number of nitrogens with one attached hydrogen (secondary N) is 2. The van der Waals surface area contributed by atoms with Crippen LogP contribution < -0.4 is 10.2 Å². The largest absolute Gasteiger partial charge is 0.480 e. The Morgan fingerprint density at radius 2 is 0.714 bits per heavy atom. The van der Waals surface area contributed by atoms with Crippen molar-refractivity contribution >= 4 is 50.2 Å². The van der Waals surface area contributed by atoms with Crippen molar-refractivity contribution in [2.45, 2.75) is 126 Å². The summed E-state index contributed by atoms with van der Waals surface area (Å²) < 4.78 is 29.0. The van der Waals surface area contributed by atoms with Gasteiger partial charge in [0.25, 0.3) is 0 Å². The molecule has 2 heterocycles. The second-order valence-electron chi connectivity index (χ2n) is 22.8. The first-order valence-corrected chi connectivity index (χ1v) is 33.3. The van der Waals surface area contributed by atoms with Crippen molar-refractivity contribution in [2.75, 3.05) is 26.2 Å². The van der Waals surface area contributed by atoms with Crippen LogP contribution in [0.2, 0.25) is 0 Å². The first kappa shape index (κ1) is 61.1. The molecule has 2 saturated heterocycles. The standard InChI is InChI=1S/2C33H38N3O5P/c2*1-24(34-42(41,22-25-11-4-2-5-12-25)23-26-13-6-3-7-14-26)32(38)36(29-19-27-15-8-9-16-28(27)20-29)21-31(37)35-18-10-17-30(35)33(39)40/h2*2-9,11-16,24,29-30H,10,17-23H2,1H3,(H,34,41)(H,39,40)/t2*24-,30-/m00/s1. The van der Waals surface area contributed by atoms with E-state index < -0.39 is 50.7 Å². The number of carboxylic acids is 2. The lowest BCUT2D eigenvalue weighted by molar-refractivity contribution is -0.150. The molecule has 16 nitrogen and oxygen atoms in total. The smallest absolute Gasteiger partial charge is 0.326 e. The number of carbonyl (C=O) groups is 6. The van der Waals surface area contributed by atoms with Gasteiger partial charge < -0.3 is 38.9 Å². The van der Waals surface area contributed by atoms with E-state index in [0.29, 0.717) is 64.5 Å². The number of hydrogen-bond acceptors (Lipinski definition) is 8. The first-order valence-electron chi connectivity index (χ1n) is 29.1. The molecule has 6 aromatic carbocycles. The third kappa shape index (κ3) is 15.6. The molecule has 2 fully saturated rings. The van der Waals surface area contributed by atoms with Gasteiger partial charge in [0.05, 0.1) is 12.1 Å². The van der Waals surface area contributed by atoms with Crippen LogP contribution in [0.3, 0.4) is 0 Å². The summed E-state index contributed by atoms with van der Waals surface area (Å²) in [4.78, 5) is 84.9. The van der Waals surface area contributed by atoms with Crippen LogP contribution in [-0.2, 0) is 88.2 Å². The third-order valence-electron chi connectivity index (χ3n) is 16.6. The molecule has 0 radical (unpaired) electrons. The van der Waals surface area contributed by atoms with Crippen molar-refractivity contribution in [1.82, 2.24) is 29.8 Å². The number of amides is 4. The van der Waals surface area contributed by atoms with E-state index >= 15 is 0 Å². The minimum absolute atomic E-state index is 0.213. The monoisotopic (exact) mass is 1170 g/mol. The highest BCUT2D eigenvalue weighted by molar-refractivity contribution is 7.60. The minimum atomic E-state index is -3.15. The van der Waals surface area contributed by atoms with Gasteiger partial charge in [0.2, 0.25) is 23.6 Å². The average Bonchev–Trinajstić information content (AvgIpc) is 4.47. The summed E-state index contributed by atoms with van der Waals surface area (Å²) in [6.07, 6.45) is 5.60. The van der Waals surface area contributed by atoms with Gasteiger partial charge in [-0.1, -0.05) is 170 Å². The zero-order chi connectivity index (χ0) is 59.4. The summed E-state index contributed by atoms with van der Waals surface area (Å²) >= 11 is 0. The molecule has 0 bridgehead atoms. The maximum absolute atomic E-state index is 14.5. The molecular weight excluding hydrogens is 1100 g/mol. The molecule has 0 saturated carbocycles. The zero-order valence-corrected chi connectivity index (χ0v) is 49.6. The van der Waals surface area contributed by atoms with Gasteiger partial charge in [0.15, 0.2) is 14.6 Å². The Hall–Kier alpha value is -7.48. The van der Waals surface area contributed by atoms with Crippen LogP contribution in [0.5, 0.6) is 0 Å². The number of carbonyl (C=O) groups excluding carboxylic acids is 4. The molecule has 0 aromatic heterocycles. The summed E-state index contributed by atoms with van der Waals surface area (Å²) in [5.74, 6) is -3.40. The van der Waals surface area contributed by atoms with Crippen LogP contribution in [0.25, 0.3) is 0 Å². The Bertz CT molecular complexity index is 3010. The molecule has 4 amide bonds. The van der Waals surface area contributed by atoms with Crippen LogP contribution in [0.1, 0.15) is 84.0 Å². The Morgan fingerprint density at radius 1 is 0.452 bits per heavy atom. The lowest BCUT2D eigenvalue weighted by atomic mass is 10.1. The lowest BCUT2D eigenvalue weighted by Gasteiger charge is -2.34. The first-order chi connectivity index (χ1) is 40.4. The van der Waals surface area contributed by atoms with Crippen LogP contribution in [0, 0.1) is 0 Å². The predicted molar refractivity (Wildman–Crippen MR) is 324 cm³/mol. The number of hydrogen-bond donors (Lipinski definition) is 4. The number of carboxylic acid groups (broad SMARTS) is 2. The average molecular weight is 1180 g/mol. The van der Waals surface area contributed by atoms with E-state index in [1.165, 1.54) is 9.80 Å². The van der Waals surface area contributed by atoms with Crippen molar-refractivity contribution in [3.8, 4) is 0 Å². The van der Waals surface area contributed by atoms with Gasteiger partial charge in [0.1, 0.15) is 25.2 Å². The summed E-state index contributed by atoms with van der Waals surface area (Å²) in [6.45, 7) is 3.71. The Balaban J connectivity index is 0.000000202. The summed E-state index contributed by atoms with van der Waals surface area (Å²) in [6, 6.07) is 50.5. The van der Waals surface area contributed by atoms with Crippen LogP contribution in [0.15, 0.2) is 170 Å². The molecule has 4 N–H and O–H groups in total.